The van der Waals surface area contributed by atoms with E-state index >= 15 is 0 Å². The zero-order valence-electron chi connectivity index (χ0n) is 12.6. The predicted molar refractivity (Wildman–Crippen MR) is 93.6 cm³/mol. The molecule has 2 rings (SSSR count). The van der Waals surface area contributed by atoms with Crippen molar-refractivity contribution in [2.75, 3.05) is 11.9 Å². The Kier molecular flexibility index (Phi) is 6.11. The summed E-state index contributed by atoms with van der Waals surface area (Å²) in [6.07, 6.45) is 2.99. The molecule has 0 amide bonds. The Hall–Kier alpha value is -2.40. The van der Waals surface area contributed by atoms with Gasteiger partial charge in [-0.2, -0.15) is 0 Å². The van der Waals surface area contributed by atoms with Crippen LogP contribution < -0.4 is 5.32 Å². The Labute approximate surface area is 143 Å². The third kappa shape index (κ3) is 5.07. The number of carbonyl (C=O) groups is 2. The van der Waals surface area contributed by atoms with Crippen molar-refractivity contribution in [2.45, 2.75) is 6.92 Å². The number of allylic oxidation sites excluding steroid dienone is 1. The number of hydrogen-bond donors (Lipinski definition) is 1. The molecule has 0 saturated heterocycles. The SMILES string of the molecule is CCOC(=O)c1cccc(N/C=C/C(=O)c2ccc(Br)cc2)c1. The molecular weight excluding hydrogens is 358 g/mol. The molecule has 0 aliphatic heterocycles. The van der Waals surface area contributed by atoms with E-state index in [1.807, 2.05) is 12.1 Å². The zero-order chi connectivity index (χ0) is 16.7. The lowest BCUT2D eigenvalue weighted by Crippen LogP contribution is -2.04. The minimum atomic E-state index is -0.369. The Balaban J connectivity index is 2.00. The lowest BCUT2D eigenvalue weighted by molar-refractivity contribution is 0.0526. The maximum absolute atomic E-state index is 12.0. The summed E-state index contributed by atoms with van der Waals surface area (Å²) in [7, 11) is 0. The molecule has 0 aliphatic carbocycles. The first-order valence-corrected chi connectivity index (χ1v) is 7.89. The van der Waals surface area contributed by atoms with Gasteiger partial charge in [0, 0.05) is 28.0 Å². The van der Waals surface area contributed by atoms with Crippen LogP contribution in [0.4, 0.5) is 5.69 Å². The first-order valence-electron chi connectivity index (χ1n) is 7.10. The number of ether oxygens (including phenoxy) is 1. The van der Waals surface area contributed by atoms with E-state index in [2.05, 4.69) is 21.2 Å². The van der Waals surface area contributed by atoms with Crippen molar-refractivity contribution in [1.29, 1.82) is 0 Å². The third-order valence-corrected chi connectivity index (χ3v) is 3.52. The van der Waals surface area contributed by atoms with Crippen molar-refractivity contribution in [3.8, 4) is 0 Å². The standard InChI is InChI=1S/C18H16BrNO3/c1-2-23-18(22)14-4-3-5-16(12-14)20-11-10-17(21)13-6-8-15(19)9-7-13/h3-12,20H,2H2,1H3/b11-10+. The average molecular weight is 374 g/mol. The van der Waals surface area contributed by atoms with Crippen LogP contribution in [-0.2, 0) is 4.74 Å². The molecule has 23 heavy (non-hydrogen) atoms. The number of anilines is 1. The van der Waals surface area contributed by atoms with Crippen molar-refractivity contribution < 1.29 is 14.3 Å². The molecule has 0 unspecified atom stereocenters. The number of esters is 1. The van der Waals surface area contributed by atoms with Crippen molar-refractivity contribution in [3.63, 3.8) is 0 Å². The Morgan fingerprint density at radius 3 is 2.57 bits per heavy atom. The molecule has 1 N–H and O–H groups in total. The highest BCUT2D eigenvalue weighted by Crippen LogP contribution is 2.13. The van der Waals surface area contributed by atoms with Gasteiger partial charge >= 0.3 is 5.97 Å². The summed E-state index contributed by atoms with van der Waals surface area (Å²) in [5.74, 6) is -0.474. The molecule has 0 heterocycles. The number of rotatable bonds is 6. The maximum atomic E-state index is 12.0. The van der Waals surface area contributed by atoms with E-state index < -0.39 is 0 Å². The van der Waals surface area contributed by atoms with Crippen molar-refractivity contribution in [2.24, 2.45) is 0 Å². The van der Waals surface area contributed by atoms with Gasteiger partial charge in [0.15, 0.2) is 5.78 Å². The molecule has 0 fully saturated rings. The van der Waals surface area contributed by atoms with Crippen molar-refractivity contribution >= 4 is 33.4 Å². The predicted octanol–water partition coefficient (Wildman–Crippen LogP) is 4.43. The highest BCUT2D eigenvalue weighted by Gasteiger charge is 2.06. The van der Waals surface area contributed by atoms with Gasteiger partial charge in [0.25, 0.3) is 0 Å². The molecule has 2 aromatic rings. The second kappa shape index (κ2) is 8.29. The smallest absolute Gasteiger partial charge is 0.338 e. The number of nitrogens with one attached hydrogen (secondary N) is 1. The Morgan fingerprint density at radius 1 is 1.13 bits per heavy atom. The Bertz CT molecular complexity index is 723. The molecule has 2 aromatic carbocycles. The molecule has 0 radical (unpaired) electrons. The first kappa shape index (κ1) is 17.0. The van der Waals surface area contributed by atoms with Crippen LogP contribution in [-0.4, -0.2) is 18.4 Å². The van der Waals surface area contributed by atoms with Crippen molar-refractivity contribution in [1.82, 2.24) is 0 Å². The summed E-state index contributed by atoms with van der Waals surface area (Å²) in [5.41, 5.74) is 1.77. The zero-order valence-corrected chi connectivity index (χ0v) is 14.2. The molecule has 0 bridgehead atoms. The summed E-state index contributed by atoms with van der Waals surface area (Å²) in [6.45, 7) is 2.09. The van der Waals surface area contributed by atoms with E-state index in [9.17, 15) is 9.59 Å². The summed E-state index contributed by atoms with van der Waals surface area (Å²) in [6, 6.07) is 14.0. The molecular formula is C18H16BrNO3. The van der Waals surface area contributed by atoms with Crippen LogP contribution in [0.1, 0.15) is 27.6 Å². The van der Waals surface area contributed by atoms with Gasteiger partial charge in [-0.3, -0.25) is 4.79 Å². The van der Waals surface area contributed by atoms with Gasteiger partial charge in [-0.1, -0.05) is 22.0 Å². The van der Waals surface area contributed by atoms with Crippen LogP contribution in [0, 0.1) is 0 Å². The van der Waals surface area contributed by atoms with E-state index in [-0.39, 0.29) is 11.8 Å². The Morgan fingerprint density at radius 2 is 1.87 bits per heavy atom. The van der Waals surface area contributed by atoms with Crippen LogP contribution >= 0.6 is 15.9 Å². The van der Waals surface area contributed by atoms with Crippen LogP contribution in [0.15, 0.2) is 65.3 Å². The van der Waals surface area contributed by atoms with Gasteiger partial charge in [-0.05, 0) is 49.4 Å². The number of hydrogen-bond acceptors (Lipinski definition) is 4. The lowest BCUT2D eigenvalue weighted by Gasteiger charge is -2.04. The highest BCUT2D eigenvalue weighted by molar-refractivity contribution is 9.10. The van der Waals surface area contributed by atoms with E-state index in [1.54, 1.807) is 49.5 Å². The van der Waals surface area contributed by atoms with E-state index in [4.69, 9.17) is 4.74 Å². The van der Waals surface area contributed by atoms with Gasteiger partial charge in [-0.15, -0.1) is 0 Å². The summed E-state index contributed by atoms with van der Waals surface area (Å²) in [4.78, 5) is 23.7. The summed E-state index contributed by atoms with van der Waals surface area (Å²) in [5, 5.41) is 2.98. The van der Waals surface area contributed by atoms with Crippen LogP contribution in [0.5, 0.6) is 0 Å². The largest absolute Gasteiger partial charge is 0.462 e. The number of halogens is 1. The van der Waals surface area contributed by atoms with Gasteiger partial charge in [0.05, 0.1) is 12.2 Å². The van der Waals surface area contributed by atoms with Gasteiger partial charge in [-0.25, -0.2) is 4.79 Å². The fourth-order valence-electron chi connectivity index (χ4n) is 1.87. The third-order valence-electron chi connectivity index (χ3n) is 2.99. The van der Waals surface area contributed by atoms with Crippen molar-refractivity contribution in [3.05, 3.63) is 76.4 Å². The monoisotopic (exact) mass is 373 g/mol. The molecule has 0 atom stereocenters. The maximum Gasteiger partial charge on any atom is 0.338 e. The normalized spacial score (nSPS) is 10.5. The van der Waals surface area contributed by atoms with Crippen LogP contribution in [0.3, 0.4) is 0 Å². The number of carbonyl (C=O) groups excluding carboxylic acids is 2. The fraction of sp³-hybridized carbons (Fsp3) is 0.111. The van der Waals surface area contributed by atoms with Crippen LogP contribution in [0.2, 0.25) is 0 Å². The molecule has 0 aromatic heterocycles. The minimum Gasteiger partial charge on any atom is -0.462 e. The molecule has 0 aliphatic rings. The quantitative estimate of drug-likeness (QED) is 0.462. The fourth-order valence-corrected chi connectivity index (χ4v) is 2.14. The van der Waals surface area contributed by atoms with E-state index in [0.29, 0.717) is 23.4 Å². The summed E-state index contributed by atoms with van der Waals surface area (Å²) >= 11 is 3.33. The van der Waals surface area contributed by atoms with Gasteiger partial charge in [0.2, 0.25) is 0 Å². The van der Waals surface area contributed by atoms with Crippen LogP contribution in [0.25, 0.3) is 0 Å². The second-order valence-electron chi connectivity index (χ2n) is 4.65. The van der Waals surface area contributed by atoms with E-state index in [1.165, 1.54) is 6.08 Å². The second-order valence-corrected chi connectivity index (χ2v) is 5.57. The molecule has 0 saturated carbocycles. The van der Waals surface area contributed by atoms with E-state index in [0.717, 1.165) is 4.47 Å². The molecule has 118 valence electrons. The first-order chi connectivity index (χ1) is 11.1. The molecule has 0 spiro atoms. The lowest BCUT2D eigenvalue weighted by atomic mass is 10.1. The molecule has 5 heteroatoms. The topological polar surface area (TPSA) is 55.4 Å². The average Bonchev–Trinajstić information content (AvgIpc) is 2.56. The van der Waals surface area contributed by atoms with Gasteiger partial charge in [0.1, 0.15) is 0 Å². The number of benzene rings is 2. The molecule has 4 nitrogen and oxygen atoms in total. The van der Waals surface area contributed by atoms with Gasteiger partial charge < -0.3 is 10.1 Å². The number of ketones is 1. The summed E-state index contributed by atoms with van der Waals surface area (Å²) < 4.78 is 5.87. The highest BCUT2D eigenvalue weighted by atomic mass is 79.9. The minimum absolute atomic E-state index is 0.105.